The molecule has 0 saturated carbocycles. The highest BCUT2D eigenvalue weighted by atomic mass is 35.5. The van der Waals surface area contributed by atoms with Crippen molar-refractivity contribution in [1.29, 1.82) is 0 Å². The minimum atomic E-state index is -0.0993. The van der Waals surface area contributed by atoms with Crippen LogP contribution in [0.25, 0.3) is 0 Å². The summed E-state index contributed by atoms with van der Waals surface area (Å²) in [5.74, 6) is -0.169. The van der Waals surface area contributed by atoms with Gasteiger partial charge in [-0.3, -0.25) is 9.59 Å². The van der Waals surface area contributed by atoms with E-state index >= 15 is 0 Å². The molecule has 0 aliphatic carbocycles. The first-order valence-electron chi connectivity index (χ1n) is 5.43. The van der Waals surface area contributed by atoms with Crippen molar-refractivity contribution in [1.82, 2.24) is 10.6 Å². The first kappa shape index (κ1) is 16.2. The molecule has 0 atom stereocenters. The maximum absolute atomic E-state index is 11.5. The second-order valence-electron chi connectivity index (χ2n) is 3.75. The molecule has 0 spiro atoms. The summed E-state index contributed by atoms with van der Waals surface area (Å²) in [4.78, 5) is 22.1. The van der Waals surface area contributed by atoms with E-state index in [1.165, 1.54) is 6.92 Å². The van der Waals surface area contributed by atoms with Gasteiger partial charge in [0.1, 0.15) is 0 Å². The Balaban J connectivity index is 0.00000289. The fourth-order valence-corrected chi connectivity index (χ4v) is 1.32. The lowest BCUT2D eigenvalue weighted by Crippen LogP contribution is -2.34. The van der Waals surface area contributed by atoms with Gasteiger partial charge in [-0.15, -0.1) is 12.4 Å². The minimum Gasteiger partial charge on any atom is -0.399 e. The SMILES string of the molecule is CC(=O)NCCNC(=O)Cc1ccc(N)cc1.Cl. The Morgan fingerprint density at radius 3 is 2.22 bits per heavy atom. The summed E-state index contributed by atoms with van der Waals surface area (Å²) in [5, 5.41) is 5.32. The Bertz CT molecular complexity index is 393. The molecule has 2 amide bonds. The van der Waals surface area contributed by atoms with E-state index in [4.69, 9.17) is 5.73 Å². The summed E-state index contributed by atoms with van der Waals surface area (Å²) in [6, 6.07) is 7.17. The number of nitrogen functional groups attached to an aromatic ring is 1. The van der Waals surface area contributed by atoms with E-state index in [-0.39, 0.29) is 24.2 Å². The molecule has 0 unspecified atom stereocenters. The molecule has 1 aromatic carbocycles. The third-order valence-corrected chi connectivity index (χ3v) is 2.17. The van der Waals surface area contributed by atoms with Crippen LogP contribution >= 0.6 is 12.4 Å². The average molecular weight is 272 g/mol. The molecule has 0 aromatic heterocycles. The van der Waals surface area contributed by atoms with Gasteiger partial charge >= 0.3 is 0 Å². The Labute approximate surface area is 113 Å². The van der Waals surface area contributed by atoms with Gasteiger partial charge in [-0.2, -0.15) is 0 Å². The number of halogens is 1. The highest BCUT2D eigenvalue weighted by Crippen LogP contribution is 2.05. The second-order valence-corrected chi connectivity index (χ2v) is 3.75. The van der Waals surface area contributed by atoms with E-state index in [1.54, 1.807) is 12.1 Å². The number of anilines is 1. The quantitative estimate of drug-likeness (QED) is 0.538. The largest absolute Gasteiger partial charge is 0.399 e. The molecule has 5 nitrogen and oxygen atoms in total. The van der Waals surface area contributed by atoms with Crippen molar-refractivity contribution in [3.63, 3.8) is 0 Å². The van der Waals surface area contributed by atoms with Gasteiger partial charge in [0, 0.05) is 25.7 Å². The van der Waals surface area contributed by atoms with Crippen LogP contribution in [0.3, 0.4) is 0 Å². The number of rotatable bonds is 5. The third-order valence-electron chi connectivity index (χ3n) is 2.17. The predicted octanol–water partition coefficient (Wildman–Crippen LogP) is 0.485. The number of benzene rings is 1. The molecule has 0 bridgehead atoms. The summed E-state index contributed by atoms with van der Waals surface area (Å²) in [5.41, 5.74) is 7.14. The summed E-state index contributed by atoms with van der Waals surface area (Å²) in [6.07, 6.45) is 0.320. The molecule has 0 heterocycles. The van der Waals surface area contributed by atoms with Crippen LogP contribution in [0.15, 0.2) is 24.3 Å². The van der Waals surface area contributed by atoms with Crippen LogP contribution in [-0.2, 0) is 16.0 Å². The monoisotopic (exact) mass is 271 g/mol. The number of amides is 2. The van der Waals surface area contributed by atoms with Gasteiger partial charge in [0.05, 0.1) is 6.42 Å². The fourth-order valence-electron chi connectivity index (χ4n) is 1.32. The van der Waals surface area contributed by atoms with Crippen LogP contribution in [0, 0.1) is 0 Å². The maximum atomic E-state index is 11.5. The number of carbonyl (C=O) groups is 2. The van der Waals surface area contributed by atoms with Gasteiger partial charge < -0.3 is 16.4 Å². The smallest absolute Gasteiger partial charge is 0.224 e. The molecule has 0 saturated heterocycles. The lowest BCUT2D eigenvalue weighted by Gasteiger charge is -2.06. The van der Waals surface area contributed by atoms with E-state index < -0.39 is 0 Å². The fraction of sp³-hybridized carbons (Fsp3) is 0.333. The van der Waals surface area contributed by atoms with Crippen LogP contribution in [0.5, 0.6) is 0 Å². The molecule has 18 heavy (non-hydrogen) atoms. The Morgan fingerprint density at radius 2 is 1.67 bits per heavy atom. The maximum Gasteiger partial charge on any atom is 0.224 e. The van der Waals surface area contributed by atoms with E-state index in [0.29, 0.717) is 25.2 Å². The van der Waals surface area contributed by atoms with Crippen LogP contribution < -0.4 is 16.4 Å². The molecule has 100 valence electrons. The number of nitrogens with two attached hydrogens (primary N) is 1. The molecular weight excluding hydrogens is 254 g/mol. The zero-order valence-corrected chi connectivity index (χ0v) is 11.0. The van der Waals surface area contributed by atoms with Crippen molar-refractivity contribution in [2.45, 2.75) is 13.3 Å². The predicted molar refractivity (Wildman–Crippen MR) is 73.5 cm³/mol. The van der Waals surface area contributed by atoms with Gasteiger partial charge in [-0.1, -0.05) is 12.1 Å². The standard InChI is InChI=1S/C12H17N3O2.ClH/c1-9(16)14-6-7-15-12(17)8-10-2-4-11(13)5-3-10;/h2-5H,6-8,13H2,1H3,(H,14,16)(H,15,17);1H. The molecular formula is C12H18ClN3O2. The molecule has 0 aliphatic heterocycles. The van der Waals surface area contributed by atoms with Crippen molar-refractivity contribution >= 4 is 29.9 Å². The molecule has 4 N–H and O–H groups in total. The highest BCUT2D eigenvalue weighted by molar-refractivity contribution is 5.85. The third kappa shape index (κ3) is 6.75. The van der Waals surface area contributed by atoms with Crippen LogP contribution in [0.4, 0.5) is 5.69 Å². The van der Waals surface area contributed by atoms with Gasteiger partial charge in [0.25, 0.3) is 0 Å². The van der Waals surface area contributed by atoms with E-state index in [1.807, 2.05) is 12.1 Å². The van der Waals surface area contributed by atoms with Gasteiger partial charge in [0.2, 0.25) is 11.8 Å². The Kier molecular flexibility index (Phi) is 7.54. The normalized spacial score (nSPS) is 9.17. The summed E-state index contributed by atoms with van der Waals surface area (Å²) in [7, 11) is 0. The molecule has 1 rings (SSSR count). The first-order valence-corrected chi connectivity index (χ1v) is 5.43. The molecule has 1 aromatic rings. The van der Waals surface area contributed by atoms with E-state index in [9.17, 15) is 9.59 Å². The summed E-state index contributed by atoms with van der Waals surface area (Å²) in [6.45, 7) is 2.33. The summed E-state index contributed by atoms with van der Waals surface area (Å²) < 4.78 is 0. The van der Waals surface area contributed by atoms with Crippen molar-refractivity contribution in [2.75, 3.05) is 18.8 Å². The Hall–Kier alpha value is -1.75. The zero-order chi connectivity index (χ0) is 12.7. The zero-order valence-electron chi connectivity index (χ0n) is 10.2. The van der Waals surface area contributed by atoms with Crippen LogP contribution in [0.1, 0.15) is 12.5 Å². The molecule has 0 radical (unpaired) electrons. The first-order chi connectivity index (χ1) is 8.08. The van der Waals surface area contributed by atoms with Crippen LogP contribution in [0.2, 0.25) is 0 Å². The number of hydrogen-bond donors (Lipinski definition) is 3. The van der Waals surface area contributed by atoms with E-state index in [2.05, 4.69) is 10.6 Å². The average Bonchev–Trinajstić information content (AvgIpc) is 2.27. The van der Waals surface area contributed by atoms with Gasteiger partial charge in [-0.25, -0.2) is 0 Å². The van der Waals surface area contributed by atoms with E-state index in [0.717, 1.165) is 5.56 Å². The van der Waals surface area contributed by atoms with Gasteiger partial charge in [-0.05, 0) is 17.7 Å². The number of carbonyl (C=O) groups excluding carboxylic acids is 2. The molecule has 6 heteroatoms. The number of hydrogen-bond acceptors (Lipinski definition) is 3. The molecule has 0 fully saturated rings. The lowest BCUT2D eigenvalue weighted by molar-refractivity contribution is -0.121. The highest BCUT2D eigenvalue weighted by Gasteiger charge is 2.02. The second kappa shape index (κ2) is 8.36. The Morgan fingerprint density at radius 1 is 1.11 bits per heavy atom. The van der Waals surface area contributed by atoms with Crippen molar-refractivity contribution in [3.05, 3.63) is 29.8 Å². The van der Waals surface area contributed by atoms with Crippen molar-refractivity contribution in [3.8, 4) is 0 Å². The lowest BCUT2D eigenvalue weighted by atomic mass is 10.1. The van der Waals surface area contributed by atoms with Crippen molar-refractivity contribution in [2.24, 2.45) is 0 Å². The summed E-state index contributed by atoms with van der Waals surface area (Å²) >= 11 is 0. The van der Waals surface area contributed by atoms with Crippen LogP contribution in [-0.4, -0.2) is 24.9 Å². The van der Waals surface area contributed by atoms with Crippen molar-refractivity contribution < 1.29 is 9.59 Å². The molecule has 0 aliphatic rings. The van der Waals surface area contributed by atoms with Gasteiger partial charge in [0.15, 0.2) is 0 Å². The minimum absolute atomic E-state index is 0. The number of nitrogens with one attached hydrogen (secondary N) is 2. The topological polar surface area (TPSA) is 84.2 Å².